The van der Waals surface area contributed by atoms with Gasteiger partial charge in [0, 0.05) is 6.54 Å². The van der Waals surface area contributed by atoms with Crippen molar-refractivity contribution in [3.05, 3.63) is 29.8 Å². The number of phenols is 1. The second-order valence-corrected chi connectivity index (χ2v) is 7.84. The molecule has 1 aromatic rings. The van der Waals surface area contributed by atoms with Crippen molar-refractivity contribution in [2.75, 3.05) is 13.7 Å². The first-order valence-corrected chi connectivity index (χ1v) is 8.90. The third kappa shape index (κ3) is 4.40. The fourth-order valence-corrected chi connectivity index (χ4v) is 3.40. The summed E-state index contributed by atoms with van der Waals surface area (Å²) < 4.78 is 10.2. The van der Waals surface area contributed by atoms with Gasteiger partial charge in [-0.2, -0.15) is 0 Å². The van der Waals surface area contributed by atoms with Crippen molar-refractivity contribution in [1.29, 1.82) is 0 Å². The summed E-state index contributed by atoms with van der Waals surface area (Å²) in [4.78, 5) is 39.2. The molecule has 2 rings (SSSR count). The van der Waals surface area contributed by atoms with E-state index in [1.807, 2.05) is 0 Å². The van der Waals surface area contributed by atoms with Crippen LogP contribution in [-0.4, -0.2) is 53.1 Å². The summed E-state index contributed by atoms with van der Waals surface area (Å²) in [5.41, 5.74) is -1.21. The highest BCUT2D eigenvalue weighted by Gasteiger charge is 2.52. The van der Waals surface area contributed by atoms with Crippen LogP contribution in [0.2, 0.25) is 0 Å². The minimum absolute atomic E-state index is 0.0661. The molecule has 0 aromatic heterocycles. The highest BCUT2D eigenvalue weighted by Crippen LogP contribution is 2.41. The zero-order valence-corrected chi connectivity index (χ0v) is 16.4. The van der Waals surface area contributed by atoms with Gasteiger partial charge < -0.3 is 19.5 Å². The van der Waals surface area contributed by atoms with Crippen LogP contribution in [0.1, 0.15) is 46.1 Å². The summed E-state index contributed by atoms with van der Waals surface area (Å²) in [5, 5.41) is 9.58. The van der Waals surface area contributed by atoms with Crippen molar-refractivity contribution < 1.29 is 29.0 Å². The van der Waals surface area contributed by atoms with Gasteiger partial charge in [0.2, 0.25) is 5.91 Å². The summed E-state index contributed by atoms with van der Waals surface area (Å²) in [5.74, 6) is -1.26. The minimum Gasteiger partial charge on any atom is -0.508 e. The van der Waals surface area contributed by atoms with Gasteiger partial charge in [0.1, 0.15) is 17.4 Å². The Morgan fingerprint density at radius 2 is 1.85 bits per heavy atom. The highest BCUT2D eigenvalue weighted by atomic mass is 16.6. The molecule has 1 aromatic carbocycles. The van der Waals surface area contributed by atoms with E-state index in [2.05, 4.69) is 0 Å². The third-order valence-electron chi connectivity index (χ3n) is 4.75. The van der Waals surface area contributed by atoms with Gasteiger partial charge in [-0.15, -0.1) is 0 Å². The highest BCUT2D eigenvalue weighted by molar-refractivity contribution is 5.96. The van der Waals surface area contributed by atoms with Crippen molar-refractivity contribution in [2.24, 2.45) is 0 Å². The van der Waals surface area contributed by atoms with Gasteiger partial charge in [-0.05, 0) is 51.8 Å². The molecule has 148 valence electrons. The molecule has 1 fully saturated rings. The molecule has 0 aliphatic carbocycles. The molecule has 1 saturated heterocycles. The predicted octanol–water partition coefficient (Wildman–Crippen LogP) is 2.16. The second kappa shape index (κ2) is 7.58. The molecule has 27 heavy (non-hydrogen) atoms. The van der Waals surface area contributed by atoms with Crippen LogP contribution in [0.3, 0.4) is 0 Å². The lowest BCUT2D eigenvalue weighted by Gasteiger charge is -2.30. The maximum absolute atomic E-state index is 13.3. The number of hydrogen-bond donors (Lipinski definition) is 1. The van der Waals surface area contributed by atoms with Gasteiger partial charge in [-0.1, -0.05) is 12.1 Å². The molecule has 7 heteroatoms. The van der Waals surface area contributed by atoms with Crippen molar-refractivity contribution in [3.63, 3.8) is 0 Å². The van der Waals surface area contributed by atoms with Crippen LogP contribution in [0.5, 0.6) is 5.75 Å². The number of aromatic hydroxyl groups is 1. The molecule has 1 aliphatic heterocycles. The Labute approximate surface area is 159 Å². The maximum Gasteiger partial charge on any atom is 0.328 e. The lowest BCUT2D eigenvalue weighted by molar-refractivity contribution is -0.159. The monoisotopic (exact) mass is 377 g/mol. The van der Waals surface area contributed by atoms with Crippen molar-refractivity contribution in [1.82, 2.24) is 4.90 Å². The number of rotatable bonds is 5. The first kappa shape index (κ1) is 20.7. The van der Waals surface area contributed by atoms with Gasteiger partial charge in [0.25, 0.3) is 0 Å². The van der Waals surface area contributed by atoms with Gasteiger partial charge in [0.15, 0.2) is 0 Å². The average molecular weight is 377 g/mol. The van der Waals surface area contributed by atoms with Gasteiger partial charge in [-0.3, -0.25) is 9.59 Å². The Morgan fingerprint density at radius 1 is 1.26 bits per heavy atom. The zero-order valence-electron chi connectivity index (χ0n) is 16.4. The normalized spacial score (nSPS) is 21.1. The Morgan fingerprint density at radius 3 is 2.37 bits per heavy atom. The van der Waals surface area contributed by atoms with Crippen LogP contribution < -0.4 is 0 Å². The van der Waals surface area contributed by atoms with E-state index in [-0.39, 0.29) is 18.1 Å². The largest absolute Gasteiger partial charge is 0.508 e. The Balaban J connectivity index is 2.39. The first-order valence-electron chi connectivity index (χ1n) is 8.90. The molecule has 0 bridgehead atoms. The quantitative estimate of drug-likeness (QED) is 0.791. The van der Waals surface area contributed by atoms with Crippen LogP contribution in [0.4, 0.5) is 0 Å². The van der Waals surface area contributed by atoms with Crippen LogP contribution in [-0.2, 0) is 29.3 Å². The van der Waals surface area contributed by atoms with Crippen LogP contribution in [0.15, 0.2) is 24.3 Å². The number of carbonyl (C=O) groups excluding carboxylic acids is 3. The molecule has 1 aliphatic rings. The molecule has 7 nitrogen and oxygen atoms in total. The molecule has 0 radical (unpaired) electrons. The van der Waals surface area contributed by atoms with E-state index < -0.39 is 29.0 Å². The molecule has 1 heterocycles. The minimum atomic E-state index is -1.14. The molecule has 1 unspecified atom stereocenters. The van der Waals surface area contributed by atoms with E-state index in [0.717, 1.165) is 0 Å². The summed E-state index contributed by atoms with van der Waals surface area (Å²) >= 11 is 0. The standard InChI is InChI=1S/C20H27NO6/c1-13(17(24)26-5)21-11-10-20(18(21)25,12-16(23)27-19(2,3)4)14-6-8-15(22)9-7-14/h6-9,13,22H,10-12H2,1-5H3/t13-,20?/m1/s1. The van der Waals surface area contributed by atoms with Gasteiger partial charge in [-0.25, -0.2) is 4.79 Å². The van der Waals surface area contributed by atoms with Gasteiger partial charge in [0.05, 0.1) is 18.9 Å². The van der Waals surface area contributed by atoms with E-state index in [1.54, 1.807) is 39.8 Å². The molecular formula is C20H27NO6. The van der Waals surface area contributed by atoms with E-state index in [4.69, 9.17) is 9.47 Å². The zero-order chi connectivity index (χ0) is 20.4. The lowest BCUT2D eigenvalue weighted by Crippen LogP contribution is -2.46. The van der Waals surface area contributed by atoms with E-state index in [0.29, 0.717) is 18.5 Å². The Bertz CT molecular complexity index is 721. The topological polar surface area (TPSA) is 93.1 Å². The van der Waals surface area contributed by atoms with Crippen molar-refractivity contribution in [2.45, 2.75) is 57.6 Å². The third-order valence-corrected chi connectivity index (χ3v) is 4.75. The second-order valence-electron chi connectivity index (χ2n) is 7.84. The number of phenolic OH excluding ortho intramolecular Hbond substituents is 1. The van der Waals surface area contributed by atoms with E-state index in [1.165, 1.54) is 24.1 Å². The number of benzene rings is 1. The van der Waals surface area contributed by atoms with E-state index >= 15 is 0 Å². The summed E-state index contributed by atoms with van der Waals surface area (Å²) in [6.07, 6.45) is 0.218. The molecule has 1 amide bonds. The average Bonchev–Trinajstić information content (AvgIpc) is 2.89. The van der Waals surface area contributed by atoms with Crippen molar-refractivity contribution >= 4 is 17.8 Å². The van der Waals surface area contributed by atoms with Gasteiger partial charge >= 0.3 is 11.9 Å². The Kier molecular flexibility index (Phi) is 5.82. The molecule has 1 N–H and O–H groups in total. The Hall–Kier alpha value is -2.57. The van der Waals surface area contributed by atoms with Crippen molar-refractivity contribution in [3.8, 4) is 5.75 Å². The molecule has 0 saturated carbocycles. The molecular weight excluding hydrogens is 350 g/mol. The smallest absolute Gasteiger partial charge is 0.328 e. The molecule has 0 spiro atoms. The summed E-state index contributed by atoms with van der Waals surface area (Å²) in [6, 6.07) is 5.46. The number of methoxy groups -OCH3 is 1. The summed E-state index contributed by atoms with van der Waals surface area (Å²) in [6.45, 7) is 7.21. The SMILES string of the molecule is COC(=O)[C@@H](C)N1CCC(CC(=O)OC(C)(C)C)(c2ccc(O)cc2)C1=O. The fraction of sp³-hybridized carbons (Fsp3) is 0.550. The summed E-state index contributed by atoms with van der Waals surface area (Å²) in [7, 11) is 1.27. The van der Waals surface area contributed by atoms with Crippen LogP contribution >= 0.6 is 0 Å². The number of esters is 2. The number of amides is 1. The number of ether oxygens (including phenoxy) is 2. The maximum atomic E-state index is 13.3. The first-order chi connectivity index (χ1) is 12.5. The predicted molar refractivity (Wildman–Crippen MR) is 98.1 cm³/mol. The number of nitrogens with zero attached hydrogens (tertiary/aromatic N) is 1. The molecule has 2 atom stereocenters. The number of hydrogen-bond acceptors (Lipinski definition) is 6. The number of carbonyl (C=O) groups is 3. The lowest BCUT2D eigenvalue weighted by atomic mass is 9.76. The van der Waals surface area contributed by atoms with Crippen LogP contribution in [0.25, 0.3) is 0 Å². The van der Waals surface area contributed by atoms with Crippen LogP contribution in [0, 0.1) is 0 Å². The fourth-order valence-electron chi connectivity index (χ4n) is 3.40. The number of likely N-dealkylation sites (tertiary alicyclic amines) is 1. The van der Waals surface area contributed by atoms with E-state index in [9.17, 15) is 19.5 Å².